The Morgan fingerprint density at radius 2 is 2.27 bits per heavy atom. The highest BCUT2D eigenvalue weighted by atomic mass is 19.1. The summed E-state index contributed by atoms with van der Waals surface area (Å²) in [5.74, 6) is 1.78. The van der Waals surface area contributed by atoms with Crippen molar-refractivity contribution in [2.45, 2.75) is 24.1 Å². The fourth-order valence-electron chi connectivity index (χ4n) is 2.10. The topological polar surface area (TPSA) is 111 Å². The highest BCUT2D eigenvalue weighted by Crippen LogP contribution is 2.40. The molecule has 1 saturated heterocycles. The van der Waals surface area contributed by atoms with E-state index in [4.69, 9.17) is 15.6 Å². The molecule has 1 aliphatic rings. The van der Waals surface area contributed by atoms with Gasteiger partial charge in [0.05, 0.1) is 12.8 Å². The third-order valence-electron chi connectivity index (χ3n) is 3.16. The van der Waals surface area contributed by atoms with E-state index < -0.39 is 54.7 Å². The van der Waals surface area contributed by atoms with Gasteiger partial charge in [0.25, 0.3) is 0 Å². The van der Waals surface area contributed by atoms with Crippen LogP contribution in [-0.2, 0) is 4.74 Å². The van der Waals surface area contributed by atoms with Crippen molar-refractivity contribution in [2.75, 3.05) is 19.0 Å². The number of aromatic nitrogens is 2. The summed E-state index contributed by atoms with van der Waals surface area (Å²) in [6.45, 7) is -2.00. The molecule has 0 amide bonds. The average Bonchev–Trinajstić information content (AvgIpc) is 2.73. The molecule has 0 spiro atoms. The minimum atomic E-state index is -2.94. The molecule has 1 aromatic rings. The second kappa shape index (κ2) is 5.96. The van der Waals surface area contributed by atoms with Gasteiger partial charge in [0.2, 0.25) is 5.67 Å². The van der Waals surface area contributed by atoms with Crippen molar-refractivity contribution in [3.05, 3.63) is 22.5 Å². The minimum absolute atomic E-state index is 0.400. The predicted molar refractivity (Wildman–Crippen MR) is 67.5 cm³/mol. The third-order valence-corrected chi connectivity index (χ3v) is 3.16. The van der Waals surface area contributed by atoms with Crippen LogP contribution in [0.4, 0.5) is 19.0 Å². The fraction of sp³-hybridized carbons (Fsp3) is 0.500. The number of anilines is 1. The Balaban J connectivity index is 2.56. The molecule has 1 aromatic heterocycles. The van der Waals surface area contributed by atoms with Gasteiger partial charge in [-0.1, -0.05) is 11.8 Å². The minimum Gasteiger partial charge on any atom is -0.394 e. The van der Waals surface area contributed by atoms with E-state index in [1.54, 1.807) is 5.92 Å². The van der Waals surface area contributed by atoms with E-state index in [0.29, 0.717) is 10.8 Å². The van der Waals surface area contributed by atoms with Gasteiger partial charge in [0.15, 0.2) is 17.9 Å². The zero-order valence-corrected chi connectivity index (χ0v) is 11.0. The molecule has 0 saturated carbocycles. The average molecular weight is 319 g/mol. The second-order valence-corrected chi connectivity index (χ2v) is 4.52. The zero-order chi connectivity index (χ0) is 16.5. The lowest BCUT2D eigenvalue weighted by Gasteiger charge is -2.24. The number of hydrogen-bond donors (Lipinski definition) is 3. The quantitative estimate of drug-likeness (QED) is 0.597. The molecule has 4 atom stereocenters. The lowest BCUT2D eigenvalue weighted by atomic mass is 9.96. The van der Waals surface area contributed by atoms with Crippen molar-refractivity contribution in [1.29, 1.82) is 0 Å². The first kappa shape index (κ1) is 16.3. The van der Waals surface area contributed by atoms with Crippen LogP contribution in [0.2, 0.25) is 0 Å². The summed E-state index contributed by atoms with van der Waals surface area (Å²) in [5.41, 5.74) is 1.02. The smallest absolute Gasteiger partial charge is 0.351 e. The molecule has 0 radical (unpaired) electrons. The van der Waals surface area contributed by atoms with Crippen molar-refractivity contribution in [1.82, 2.24) is 9.55 Å². The van der Waals surface area contributed by atoms with Crippen LogP contribution in [0.1, 0.15) is 6.23 Å². The summed E-state index contributed by atoms with van der Waals surface area (Å²) in [4.78, 5) is 14.9. The number of aliphatic hydroxyl groups excluding tert-OH is 2. The molecule has 1 aliphatic heterocycles. The fourth-order valence-corrected chi connectivity index (χ4v) is 2.10. The Labute approximate surface area is 122 Å². The summed E-state index contributed by atoms with van der Waals surface area (Å²) >= 11 is 0. The standard InChI is InChI=1S/C12H12F3N3O4/c13-3-1-2-12(15)8(20)7(5-19)22-10(12)18-4-6(14)9(16)17-11(18)21/h4,7-8,10,19-20H,3,5H2,(H2,16,17,21)/t7-,8?,10-,12-/m1/s1. The van der Waals surface area contributed by atoms with Crippen LogP contribution in [0.15, 0.2) is 11.0 Å². The van der Waals surface area contributed by atoms with Crippen LogP contribution in [0.3, 0.4) is 0 Å². The molecule has 120 valence electrons. The molecule has 0 aromatic carbocycles. The molecule has 4 N–H and O–H groups in total. The maximum atomic E-state index is 14.9. The van der Waals surface area contributed by atoms with Crippen LogP contribution in [0.5, 0.6) is 0 Å². The van der Waals surface area contributed by atoms with E-state index in [0.717, 1.165) is 0 Å². The molecular formula is C12H12F3N3O4. The number of alkyl halides is 2. The Morgan fingerprint density at radius 3 is 2.86 bits per heavy atom. The number of nitrogen functional groups attached to an aromatic ring is 1. The molecule has 2 heterocycles. The molecule has 1 unspecified atom stereocenters. The van der Waals surface area contributed by atoms with Crippen LogP contribution < -0.4 is 11.4 Å². The molecule has 1 fully saturated rings. The number of nitrogens with zero attached hydrogens (tertiary/aromatic N) is 2. The Morgan fingerprint density at radius 1 is 1.59 bits per heavy atom. The van der Waals surface area contributed by atoms with E-state index in [1.165, 1.54) is 0 Å². The molecule has 0 bridgehead atoms. The van der Waals surface area contributed by atoms with E-state index in [1.807, 2.05) is 5.92 Å². The summed E-state index contributed by atoms with van der Waals surface area (Å²) in [6, 6.07) is 0. The van der Waals surface area contributed by atoms with Crippen molar-refractivity contribution >= 4 is 5.82 Å². The SMILES string of the molecule is Nc1nc(=O)n([C@@H]2O[C@H](CO)C(O)[C@]2(F)C#CCF)cc1F. The molecule has 2 rings (SSSR count). The van der Waals surface area contributed by atoms with E-state index in [2.05, 4.69) is 4.98 Å². The molecular weight excluding hydrogens is 307 g/mol. The van der Waals surface area contributed by atoms with Crippen LogP contribution in [-0.4, -0.2) is 50.9 Å². The summed E-state index contributed by atoms with van der Waals surface area (Å²) in [5, 5.41) is 18.9. The van der Waals surface area contributed by atoms with Gasteiger partial charge < -0.3 is 20.7 Å². The Bertz CT molecular complexity index is 686. The van der Waals surface area contributed by atoms with Gasteiger partial charge in [0, 0.05) is 0 Å². The molecule has 7 nitrogen and oxygen atoms in total. The van der Waals surface area contributed by atoms with E-state index >= 15 is 0 Å². The van der Waals surface area contributed by atoms with Crippen molar-refractivity contribution in [3.63, 3.8) is 0 Å². The maximum Gasteiger partial charge on any atom is 0.351 e. The maximum absolute atomic E-state index is 14.9. The first-order valence-corrected chi connectivity index (χ1v) is 6.08. The molecule has 10 heteroatoms. The Kier molecular flexibility index (Phi) is 4.41. The first-order valence-electron chi connectivity index (χ1n) is 6.08. The number of ether oxygens (including phenoxy) is 1. The summed E-state index contributed by atoms with van der Waals surface area (Å²) in [7, 11) is 0. The van der Waals surface area contributed by atoms with Gasteiger partial charge >= 0.3 is 5.69 Å². The number of halogens is 3. The van der Waals surface area contributed by atoms with Crippen molar-refractivity contribution < 1.29 is 28.1 Å². The number of nitrogens with two attached hydrogens (primary N) is 1. The lowest BCUT2D eigenvalue weighted by molar-refractivity contribution is -0.0546. The van der Waals surface area contributed by atoms with Gasteiger partial charge in [-0.05, 0) is 0 Å². The van der Waals surface area contributed by atoms with Gasteiger partial charge in [0.1, 0.15) is 18.9 Å². The number of aliphatic hydroxyl groups is 2. The highest BCUT2D eigenvalue weighted by molar-refractivity contribution is 5.28. The highest BCUT2D eigenvalue weighted by Gasteiger charge is 2.58. The summed E-state index contributed by atoms with van der Waals surface area (Å²) < 4.78 is 46.0. The van der Waals surface area contributed by atoms with Gasteiger partial charge in [-0.3, -0.25) is 4.57 Å². The van der Waals surface area contributed by atoms with E-state index in [-0.39, 0.29) is 0 Å². The first-order chi connectivity index (χ1) is 10.3. The van der Waals surface area contributed by atoms with Crippen molar-refractivity contribution in [2.24, 2.45) is 0 Å². The predicted octanol–water partition coefficient (Wildman–Crippen LogP) is -1.10. The molecule has 0 aliphatic carbocycles. The Hall–Kier alpha value is -2.09. The van der Waals surface area contributed by atoms with Crippen LogP contribution >= 0.6 is 0 Å². The van der Waals surface area contributed by atoms with Gasteiger partial charge in [-0.2, -0.15) is 4.98 Å². The van der Waals surface area contributed by atoms with Crippen molar-refractivity contribution in [3.8, 4) is 11.8 Å². The molecule has 22 heavy (non-hydrogen) atoms. The monoisotopic (exact) mass is 319 g/mol. The second-order valence-electron chi connectivity index (χ2n) is 4.52. The third kappa shape index (κ3) is 2.54. The lowest BCUT2D eigenvalue weighted by Crippen LogP contribution is -2.44. The van der Waals surface area contributed by atoms with Crippen LogP contribution in [0.25, 0.3) is 0 Å². The van der Waals surface area contributed by atoms with E-state index in [9.17, 15) is 23.1 Å². The van der Waals surface area contributed by atoms with Gasteiger partial charge in [-0.25, -0.2) is 18.0 Å². The van der Waals surface area contributed by atoms with Gasteiger partial charge in [-0.15, -0.1) is 0 Å². The largest absolute Gasteiger partial charge is 0.394 e. The number of rotatable bonds is 2. The number of hydrogen-bond acceptors (Lipinski definition) is 6. The zero-order valence-electron chi connectivity index (χ0n) is 11.0. The normalized spacial score (nSPS) is 30.9. The van der Waals surface area contributed by atoms with Crippen LogP contribution in [0, 0.1) is 17.7 Å². The summed E-state index contributed by atoms with van der Waals surface area (Å²) in [6.07, 6.45) is -4.80.